The Labute approximate surface area is 90.8 Å². The molecular weight excluding hydrogens is 168 g/mol. The molecule has 0 rings (SSSR count). The normalized spacial score (nSPS) is 16.9. The molecule has 0 fully saturated rings. The molecule has 0 aliphatic rings. The molecule has 0 nitrogen and oxygen atoms in total. The van der Waals surface area contributed by atoms with Gasteiger partial charge in [-0.3, -0.25) is 0 Å². The lowest BCUT2D eigenvalue weighted by molar-refractivity contribution is 0.485. The zero-order valence-corrected chi connectivity index (χ0v) is 10.9. The zero-order chi connectivity index (χ0) is 11.1. The maximum atomic E-state index is 2.40. The van der Waals surface area contributed by atoms with Crippen molar-refractivity contribution in [3.05, 3.63) is 12.2 Å². The van der Waals surface area contributed by atoms with Crippen molar-refractivity contribution in [3.63, 3.8) is 0 Å². The van der Waals surface area contributed by atoms with Crippen LogP contribution in [0, 0.1) is 23.7 Å². The van der Waals surface area contributed by atoms with Crippen LogP contribution in [0.4, 0.5) is 0 Å². The van der Waals surface area contributed by atoms with Gasteiger partial charge in [-0.1, -0.05) is 53.7 Å². The van der Waals surface area contributed by atoms with Crippen molar-refractivity contribution in [3.8, 4) is 0 Å². The van der Waals surface area contributed by atoms with Crippen LogP contribution in [0.1, 0.15) is 54.4 Å². The van der Waals surface area contributed by atoms with E-state index in [0.717, 1.165) is 23.7 Å². The SMILES string of the molecule is CC(C)CC(C)/C=C/C(C)CC(C)C. The first-order chi connectivity index (χ1) is 6.41. The first-order valence-electron chi connectivity index (χ1n) is 6.10. The van der Waals surface area contributed by atoms with Crippen LogP contribution < -0.4 is 0 Å². The molecule has 2 atom stereocenters. The Bertz CT molecular complexity index is 135. The Hall–Kier alpha value is -0.260. The van der Waals surface area contributed by atoms with Gasteiger partial charge in [0.25, 0.3) is 0 Å². The Morgan fingerprint density at radius 2 is 0.929 bits per heavy atom. The molecular formula is C14H28. The largest absolute Gasteiger partial charge is 0.0854 e. The summed E-state index contributed by atoms with van der Waals surface area (Å²) in [6.45, 7) is 13.8. The van der Waals surface area contributed by atoms with Gasteiger partial charge in [-0.25, -0.2) is 0 Å². The van der Waals surface area contributed by atoms with E-state index < -0.39 is 0 Å². The van der Waals surface area contributed by atoms with E-state index in [0.29, 0.717) is 0 Å². The van der Waals surface area contributed by atoms with Gasteiger partial charge in [0.1, 0.15) is 0 Å². The van der Waals surface area contributed by atoms with Crippen molar-refractivity contribution in [1.82, 2.24) is 0 Å². The highest BCUT2D eigenvalue weighted by Gasteiger charge is 2.03. The topological polar surface area (TPSA) is 0 Å². The highest BCUT2D eigenvalue weighted by atomic mass is 14.1. The molecule has 0 aromatic heterocycles. The third-order valence-electron chi connectivity index (χ3n) is 2.45. The minimum atomic E-state index is 0.740. The lowest BCUT2D eigenvalue weighted by Gasteiger charge is -2.12. The second-order valence-corrected chi connectivity index (χ2v) is 5.60. The van der Waals surface area contributed by atoms with Gasteiger partial charge < -0.3 is 0 Å². The Kier molecular flexibility index (Phi) is 6.96. The number of hydrogen-bond acceptors (Lipinski definition) is 0. The minimum Gasteiger partial charge on any atom is -0.0854 e. The number of rotatable bonds is 6. The summed E-state index contributed by atoms with van der Waals surface area (Å²) < 4.78 is 0. The molecule has 0 aromatic rings. The van der Waals surface area contributed by atoms with Gasteiger partial charge in [0.05, 0.1) is 0 Å². The molecule has 0 heterocycles. The molecule has 0 spiro atoms. The summed E-state index contributed by atoms with van der Waals surface area (Å²) in [7, 11) is 0. The second kappa shape index (κ2) is 7.09. The smallest absolute Gasteiger partial charge is 0.0259 e. The standard InChI is InChI=1S/C14H28/c1-11(2)9-13(5)7-8-14(6)10-12(3)4/h7-8,11-14H,9-10H2,1-6H3/b8-7+. The highest BCUT2D eigenvalue weighted by molar-refractivity contribution is 4.90. The van der Waals surface area contributed by atoms with Crippen LogP contribution in [0.5, 0.6) is 0 Å². The molecule has 14 heavy (non-hydrogen) atoms. The van der Waals surface area contributed by atoms with Crippen molar-refractivity contribution >= 4 is 0 Å². The summed E-state index contributed by atoms with van der Waals surface area (Å²) in [6.07, 6.45) is 7.41. The molecule has 0 aliphatic heterocycles. The molecule has 0 heteroatoms. The van der Waals surface area contributed by atoms with E-state index in [1.54, 1.807) is 0 Å². The van der Waals surface area contributed by atoms with Crippen molar-refractivity contribution in [1.29, 1.82) is 0 Å². The molecule has 0 N–H and O–H groups in total. The lowest BCUT2D eigenvalue weighted by Crippen LogP contribution is -1.99. The predicted octanol–water partition coefficient (Wildman–Crippen LogP) is 4.91. The minimum absolute atomic E-state index is 0.740. The van der Waals surface area contributed by atoms with Crippen LogP contribution in [0.25, 0.3) is 0 Å². The summed E-state index contributed by atoms with van der Waals surface area (Å²) in [4.78, 5) is 0. The summed E-state index contributed by atoms with van der Waals surface area (Å²) in [6, 6.07) is 0. The van der Waals surface area contributed by atoms with E-state index >= 15 is 0 Å². The van der Waals surface area contributed by atoms with Crippen molar-refractivity contribution in [2.45, 2.75) is 54.4 Å². The Morgan fingerprint density at radius 3 is 1.14 bits per heavy atom. The fraction of sp³-hybridized carbons (Fsp3) is 0.857. The average Bonchev–Trinajstić information content (AvgIpc) is 1.98. The zero-order valence-electron chi connectivity index (χ0n) is 10.9. The highest BCUT2D eigenvalue weighted by Crippen LogP contribution is 2.16. The summed E-state index contributed by atoms with van der Waals surface area (Å²) in [5.74, 6) is 3.11. The molecule has 0 bridgehead atoms. The van der Waals surface area contributed by atoms with Crippen molar-refractivity contribution in [2.75, 3.05) is 0 Å². The molecule has 0 aliphatic carbocycles. The first kappa shape index (κ1) is 13.7. The quantitative estimate of drug-likeness (QED) is 0.530. The molecule has 0 amide bonds. The second-order valence-electron chi connectivity index (χ2n) is 5.60. The van der Waals surface area contributed by atoms with Crippen LogP contribution in [-0.2, 0) is 0 Å². The van der Waals surface area contributed by atoms with Gasteiger partial charge in [0, 0.05) is 0 Å². The van der Waals surface area contributed by atoms with Gasteiger partial charge in [-0.05, 0) is 36.5 Å². The Balaban J connectivity index is 3.78. The van der Waals surface area contributed by atoms with Gasteiger partial charge in [-0.15, -0.1) is 0 Å². The van der Waals surface area contributed by atoms with Crippen LogP contribution in [-0.4, -0.2) is 0 Å². The fourth-order valence-corrected chi connectivity index (χ4v) is 2.02. The van der Waals surface area contributed by atoms with E-state index in [4.69, 9.17) is 0 Å². The molecule has 0 saturated heterocycles. The van der Waals surface area contributed by atoms with Gasteiger partial charge in [-0.2, -0.15) is 0 Å². The van der Waals surface area contributed by atoms with E-state index in [-0.39, 0.29) is 0 Å². The predicted molar refractivity (Wildman–Crippen MR) is 66.4 cm³/mol. The molecule has 2 unspecified atom stereocenters. The van der Waals surface area contributed by atoms with Crippen molar-refractivity contribution < 1.29 is 0 Å². The van der Waals surface area contributed by atoms with Crippen LogP contribution in [0.15, 0.2) is 12.2 Å². The van der Waals surface area contributed by atoms with E-state index in [1.807, 2.05) is 0 Å². The van der Waals surface area contributed by atoms with Gasteiger partial charge in [0.15, 0.2) is 0 Å². The molecule has 0 radical (unpaired) electrons. The first-order valence-corrected chi connectivity index (χ1v) is 6.10. The van der Waals surface area contributed by atoms with E-state index in [1.165, 1.54) is 12.8 Å². The number of hydrogen-bond donors (Lipinski definition) is 0. The third kappa shape index (κ3) is 8.34. The third-order valence-corrected chi connectivity index (χ3v) is 2.45. The number of allylic oxidation sites excluding steroid dienone is 2. The van der Waals surface area contributed by atoms with Crippen LogP contribution in [0.2, 0.25) is 0 Å². The van der Waals surface area contributed by atoms with Crippen molar-refractivity contribution in [2.24, 2.45) is 23.7 Å². The van der Waals surface area contributed by atoms with Crippen LogP contribution in [0.3, 0.4) is 0 Å². The average molecular weight is 196 g/mol. The summed E-state index contributed by atoms with van der Waals surface area (Å²) >= 11 is 0. The molecule has 84 valence electrons. The van der Waals surface area contributed by atoms with Gasteiger partial charge >= 0.3 is 0 Å². The fourth-order valence-electron chi connectivity index (χ4n) is 2.02. The Morgan fingerprint density at radius 1 is 0.643 bits per heavy atom. The summed E-state index contributed by atoms with van der Waals surface area (Å²) in [5, 5.41) is 0. The maximum absolute atomic E-state index is 2.40. The maximum Gasteiger partial charge on any atom is -0.0259 e. The van der Waals surface area contributed by atoms with E-state index in [9.17, 15) is 0 Å². The van der Waals surface area contributed by atoms with E-state index in [2.05, 4.69) is 53.7 Å². The summed E-state index contributed by atoms with van der Waals surface area (Å²) in [5.41, 5.74) is 0. The lowest BCUT2D eigenvalue weighted by atomic mass is 9.94. The molecule has 0 saturated carbocycles. The monoisotopic (exact) mass is 196 g/mol. The van der Waals surface area contributed by atoms with Gasteiger partial charge in [0.2, 0.25) is 0 Å². The van der Waals surface area contributed by atoms with Crippen LogP contribution >= 0.6 is 0 Å². The molecule has 0 aromatic carbocycles.